The second-order valence-corrected chi connectivity index (χ2v) is 2.72. The van der Waals surface area contributed by atoms with Crippen molar-refractivity contribution in [1.82, 2.24) is 10.2 Å². The molecule has 0 unspecified atom stereocenters. The Morgan fingerprint density at radius 3 is 2.54 bits per heavy atom. The standard InChI is InChI=1S/C8H13N3O2/c1-11(2)8(13)4-6-10-7(12)3-5-9/h3-4,6H2,1-2H3,(H,10,12). The summed E-state index contributed by atoms with van der Waals surface area (Å²) in [5, 5.41) is 10.6. The Labute approximate surface area is 77.3 Å². The monoisotopic (exact) mass is 183 g/mol. The fourth-order valence-corrected chi connectivity index (χ4v) is 0.667. The van der Waals surface area contributed by atoms with E-state index in [1.807, 2.05) is 0 Å². The number of hydrogen-bond donors (Lipinski definition) is 1. The fraction of sp³-hybridized carbons (Fsp3) is 0.625. The first kappa shape index (κ1) is 11.4. The molecule has 0 radical (unpaired) electrons. The van der Waals surface area contributed by atoms with E-state index in [1.165, 1.54) is 4.90 Å². The van der Waals surface area contributed by atoms with E-state index in [4.69, 9.17) is 5.26 Å². The minimum absolute atomic E-state index is 0.0442. The topological polar surface area (TPSA) is 73.2 Å². The largest absolute Gasteiger partial charge is 0.355 e. The highest BCUT2D eigenvalue weighted by Crippen LogP contribution is 1.85. The van der Waals surface area contributed by atoms with Gasteiger partial charge in [0, 0.05) is 27.1 Å². The number of nitrogens with zero attached hydrogens (tertiary/aromatic N) is 2. The number of hydrogen-bond acceptors (Lipinski definition) is 3. The van der Waals surface area contributed by atoms with Crippen LogP contribution in [0.3, 0.4) is 0 Å². The number of nitrogens with one attached hydrogen (secondary N) is 1. The highest BCUT2D eigenvalue weighted by Gasteiger charge is 2.04. The molecule has 5 nitrogen and oxygen atoms in total. The van der Waals surface area contributed by atoms with Crippen molar-refractivity contribution in [3.05, 3.63) is 0 Å². The summed E-state index contributed by atoms with van der Waals surface area (Å²) < 4.78 is 0. The second-order valence-electron chi connectivity index (χ2n) is 2.72. The third-order valence-corrected chi connectivity index (χ3v) is 1.40. The lowest BCUT2D eigenvalue weighted by molar-refractivity contribution is -0.128. The molecule has 0 saturated heterocycles. The van der Waals surface area contributed by atoms with Crippen molar-refractivity contribution >= 4 is 11.8 Å². The number of nitriles is 1. The van der Waals surface area contributed by atoms with Gasteiger partial charge in [0.05, 0.1) is 6.07 Å². The van der Waals surface area contributed by atoms with Crippen LogP contribution in [0.2, 0.25) is 0 Å². The lowest BCUT2D eigenvalue weighted by atomic mass is 10.3. The Morgan fingerprint density at radius 1 is 1.46 bits per heavy atom. The van der Waals surface area contributed by atoms with Crippen LogP contribution >= 0.6 is 0 Å². The molecule has 0 heterocycles. The number of amides is 2. The summed E-state index contributed by atoms with van der Waals surface area (Å²) in [6, 6.07) is 1.72. The zero-order valence-corrected chi connectivity index (χ0v) is 7.83. The molecule has 5 heteroatoms. The van der Waals surface area contributed by atoms with Crippen LogP contribution in [-0.2, 0) is 9.59 Å². The van der Waals surface area contributed by atoms with Gasteiger partial charge in [-0.2, -0.15) is 5.26 Å². The molecule has 72 valence electrons. The zero-order chi connectivity index (χ0) is 10.3. The summed E-state index contributed by atoms with van der Waals surface area (Å²) in [6.07, 6.45) is 0.111. The molecule has 0 fully saturated rings. The summed E-state index contributed by atoms with van der Waals surface area (Å²) >= 11 is 0. The molecule has 13 heavy (non-hydrogen) atoms. The van der Waals surface area contributed by atoms with Crippen molar-refractivity contribution in [3.63, 3.8) is 0 Å². The molecular formula is C8H13N3O2. The van der Waals surface area contributed by atoms with Gasteiger partial charge in [0.2, 0.25) is 11.8 Å². The third-order valence-electron chi connectivity index (χ3n) is 1.40. The molecule has 0 rings (SSSR count). The molecule has 0 aromatic heterocycles. The van der Waals surface area contributed by atoms with E-state index in [0.29, 0.717) is 0 Å². The van der Waals surface area contributed by atoms with Gasteiger partial charge in [-0.3, -0.25) is 9.59 Å². The first-order chi connectivity index (χ1) is 6.07. The molecule has 0 aliphatic heterocycles. The molecule has 0 atom stereocenters. The normalized spacial score (nSPS) is 8.69. The molecule has 0 bridgehead atoms. The maximum atomic E-state index is 11.0. The van der Waals surface area contributed by atoms with Crippen molar-refractivity contribution in [3.8, 4) is 6.07 Å². The van der Waals surface area contributed by atoms with Crippen LogP contribution in [0.5, 0.6) is 0 Å². The van der Waals surface area contributed by atoms with Crippen LogP contribution in [0.15, 0.2) is 0 Å². The fourth-order valence-electron chi connectivity index (χ4n) is 0.667. The Kier molecular flexibility index (Phi) is 5.28. The summed E-state index contributed by atoms with van der Waals surface area (Å²) in [6.45, 7) is 0.289. The highest BCUT2D eigenvalue weighted by atomic mass is 16.2. The Hall–Kier alpha value is -1.57. The summed E-state index contributed by atoms with van der Waals surface area (Å²) in [7, 11) is 3.30. The highest BCUT2D eigenvalue weighted by molar-refractivity contribution is 5.79. The van der Waals surface area contributed by atoms with Crippen LogP contribution < -0.4 is 5.32 Å². The quantitative estimate of drug-likeness (QED) is 0.638. The van der Waals surface area contributed by atoms with Gasteiger partial charge >= 0.3 is 0 Å². The van der Waals surface area contributed by atoms with Crippen LogP contribution in [0.25, 0.3) is 0 Å². The smallest absolute Gasteiger partial charge is 0.234 e. The Morgan fingerprint density at radius 2 is 2.08 bits per heavy atom. The third kappa shape index (κ3) is 5.67. The lowest BCUT2D eigenvalue weighted by Gasteiger charge is -2.09. The van der Waals surface area contributed by atoms with Crippen LogP contribution in [-0.4, -0.2) is 37.4 Å². The molecule has 0 aromatic rings. The van der Waals surface area contributed by atoms with Crippen molar-refractivity contribution in [2.75, 3.05) is 20.6 Å². The van der Waals surface area contributed by atoms with Crippen molar-refractivity contribution in [2.24, 2.45) is 0 Å². The summed E-state index contributed by atoms with van der Waals surface area (Å²) in [5.41, 5.74) is 0. The van der Waals surface area contributed by atoms with Crippen LogP contribution in [0.1, 0.15) is 12.8 Å². The van der Waals surface area contributed by atoms with Crippen LogP contribution in [0.4, 0.5) is 0 Å². The minimum atomic E-state index is -0.339. The van der Waals surface area contributed by atoms with Crippen molar-refractivity contribution in [2.45, 2.75) is 12.8 Å². The maximum Gasteiger partial charge on any atom is 0.234 e. The average molecular weight is 183 g/mol. The predicted octanol–water partition coefficient (Wildman–Crippen LogP) is -0.505. The first-order valence-electron chi connectivity index (χ1n) is 3.91. The van der Waals surface area contributed by atoms with Gasteiger partial charge in [-0.05, 0) is 0 Å². The van der Waals surface area contributed by atoms with E-state index in [2.05, 4.69) is 5.32 Å². The molecule has 0 spiro atoms. The van der Waals surface area contributed by atoms with Gasteiger partial charge in [0.1, 0.15) is 6.42 Å². The van der Waals surface area contributed by atoms with E-state index >= 15 is 0 Å². The van der Waals surface area contributed by atoms with E-state index in [0.717, 1.165) is 0 Å². The lowest BCUT2D eigenvalue weighted by Crippen LogP contribution is -2.29. The van der Waals surface area contributed by atoms with Gasteiger partial charge in [-0.1, -0.05) is 0 Å². The van der Waals surface area contributed by atoms with Gasteiger partial charge in [0.25, 0.3) is 0 Å². The van der Waals surface area contributed by atoms with E-state index in [1.54, 1.807) is 20.2 Å². The van der Waals surface area contributed by atoms with Crippen molar-refractivity contribution < 1.29 is 9.59 Å². The van der Waals surface area contributed by atoms with E-state index < -0.39 is 0 Å². The maximum absolute atomic E-state index is 11.0. The summed E-state index contributed by atoms with van der Waals surface area (Å²) in [4.78, 5) is 23.2. The Balaban J connectivity index is 3.52. The first-order valence-corrected chi connectivity index (χ1v) is 3.91. The van der Waals surface area contributed by atoms with Gasteiger partial charge in [0.15, 0.2) is 0 Å². The van der Waals surface area contributed by atoms with E-state index in [9.17, 15) is 9.59 Å². The SMILES string of the molecule is CN(C)C(=O)CCNC(=O)CC#N. The van der Waals surface area contributed by atoms with Gasteiger partial charge < -0.3 is 10.2 Å². The summed E-state index contributed by atoms with van der Waals surface area (Å²) in [5.74, 6) is -0.383. The molecule has 0 aromatic carbocycles. The molecular weight excluding hydrogens is 170 g/mol. The molecule has 0 saturated carbocycles. The molecule has 1 N–H and O–H groups in total. The van der Waals surface area contributed by atoms with Gasteiger partial charge in [-0.25, -0.2) is 0 Å². The average Bonchev–Trinajstić information content (AvgIpc) is 2.04. The number of rotatable bonds is 4. The van der Waals surface area contributed by atoms with E-state index in [-0.39, 0.29) is 31.2 Å². The number of carbonyl (C=O) groups excluding carboxylic acids is 2. The van der Waals surface area contributed by atoms with Crippen LogP contribution in [0, 0.1) is 11.3 Å². The second kappa shape index (κ2) is 6.00. The number of carbonyl (C=O) groups is 2. The molecule has 0 aliphatic carbocycles. The Bertz CT molecular complexity index is 230. The molecule has 2 amide bonds. The minimum Gasteiger partial charge on any atom is -0.355 e. The van der Waals surface area contributed by atoms with Crippen molar-refractivity contribution in [1.29, 1.82) is 5.26 Å². The predicted molar refractivity (Wildman–Crippen MR) is 46.6 cm³/mol. The zero-order valence-electron chi connectivity index (χ0n) is 7.83. The van der Waals surface area contributed by atoms with Gasteiger partial charge in [-0.15, -0.1) is 0 Å². The molecule has 0 aliphatic rings.